The first-order valence-electron chi connectivity index (χ1n) is 7.70. The Kier molecular flexibility index (Phi) is 6.80. The zero-order chi connectivity index (χ0) is 14.3. The molecule has 0 radical (unpaired) electrons. The second kappa shape index (κ2) is 7.85. The predicted molar refractivity (Wildman–Crippen MR) is 78.5 cm³/mol. The Hall–Kier alpha value is -0.610. The van der Waals surface area contributed by atoms with Gasteiger partial charge in [0, 0.05) is 6.04 Å². The minimum absolute atomic E-state index is 0.683. The summed E-state index contributed by atoms with van der Waals surface area (Å²) in [6, 6.07) is 0.726. The van der Waals surface area contributed by atoms with Gasteiger partial charge < -0.3 is 15.3 Å². The van der Waals surface area contributed by atoms with Crippen LogP contribution in [0.2, 0.25) is 0 Å². The number of aliphatic carboxylic acids is 1. The van der Waals surface area contributed by atoms with Crippen LogP contribution in [0, 0.1) is 0 Å². The SMILES string of the molecule is CCN(CCCC(C)(NC)C(=O)O)C1CCCCC1. The topological polar surface area (TPSA) is 52.6 Å². The molecule has 19 heavy (non-hydrogen) atoms. The van der Waals surface area contributed by atoms with Crippen LogP contribution in [0.5, 0.6) is 0 Å². The Morgan fingerprint density at radius 1 is 1.37 bits per heavy atom. The molecule has 0 aromatic carbocycles. The summed E-state index contributed by atoms with van der Waals surface area (Å²) in [6.07, 6.45) is 8.34. The number of nitrogens with one attached hydrogen (secondary N) is 1. The van der Waals surface area contributed by atoms with Crippen molar-refractivity contribution in [2.45, 2.75) is 70.4 Å². The monoisotopic (exact) mass is 270 g/mol. The lowest BCUT2D eigenvalue weighted by molar-refractivity contribution is -0.144. The van der Waals surface area contributed by atoms with Gasteiger partial charge in [0.25, 0.3) is 0 Å². The third-order valence-electron chi connectivity index (χ3n) is 4.64. The van der Waals surface area contributed by atoms with E-state index < -0.39 is 11.5 Å². The van der Waals surface area contributed by atoms with Crippen LogP contribution in [0.15, 0.2) is 0 Å². The van der Waals surface area contributed by atoms with Crippen LogP contribution in [0.3, 0.4) is 0 Å². The summed E-state index contributed by atoms with van der Waals surface area (Å²) < 4.78 is 0. The van der Waals surface area contributed by atoms with Crippen LogP contribution in [0.4, 0.5) is 0 Å². The predicted octanol–water partition coefficient (Wildman–Crippen LogP) is 2.48. The van der Waals surface area contributed by atoms with Crippen molar-refractivity contribution in [1.29, 1.82) is 0 Å². The second-order valence-corrected chi connectivity index (χ2v) is 5.91. The fourth-order valence-electron chi connectivity index (χ4n) is 3.02. The molecule has 1 saturated carbocycles. The average molecular weight is 270 g/mol. The highest BCUT2D eigenvalue weighted by molar-refractivity contribution is 5.78. The van der Waals surface area contributed by atoms with Gasteiger partial charge in [-0.2, -0.15) is 0 Å². The van der Waals surface area contributed by atoms with E-state index in [-0.39, 0.29) is 0 Å². The van der Waals surface area contributed by atoms with Gasteiger partial charge in [0.05, 0.1) is 0 Å². The number of rotatable bonds is 8. The molecule has 1 unspecified atom stereocenters. The van der Waals surface area contributed by atoms with Crippen molar-refractivity contribution in [2.24, 2.45) is 0 Å². The summed E-state index contributed by atoms with van der Waals surface area (Å²) in [6.45, 7) is 6.08. The maximum absolute atomic E-state index is 11.2. The average Bonchev–Trinajstić information content (AvgIpc) is 2.44. The number of nitrogens with zero attached hydrogens (tertiary/aromatic N) is 1. The van der Waals surface area contributed by atoms with E-state index in [1.807, 2.05) is 0 Å². The molecule has 0 spiro atoms. The fourth-order valence-corrected chi connectivity index (χ4v) is 3.02. The van der Waals surface area contributed by atoms with Gasteiger partial charge in [-0.25, -0.2) is 0 Å². The third-order valence-corrected chi connectivity index (χ3v) is 4.64. The van der Waals surface area contributed by atoms with Gasteiger partial charge in [0.15, 0.2) is 0 Å². The highest BCUT2D eigenvalue weighted by Gasteiger charge is 2.30. The van der Waals surface area contributed by atoms with Crippen LogP contribution in [0.1, 0.15) is 58.8 Å². The zero-order valence-corrected chi connectivity index (χ0v) is 12.7. The van der Waals surface area contributed by atoms with Gasteiger partial charge in [0.2, 0.25) is 0 Å². The van der Waals surface area contributed by atoms with E-state index in [4.69, 9.17) is 0 Å². The number of carboxylic acid groups (broad SMARTS) is 1. The molecule has 1 rings (SSSR count). The molecular weight excluding hydrogens is 240 g/mol. The lowest BCUT2D eigenvalue weighted by Crippen LogP contribution is -2.48. The van der Waals surface area contributed by atoms with Gasteiger partial charge in [-0.3, -0.25) is 4.79 Å². The van der Waals surface area contributed by atoms with Gasteiger partial charge in [0.1, 0.15) is 5.54 Å². The molecule has 1 atom stereocenters. The summed E-state index contributed by atoms with van der Waals surface area (Å²) in [5.74, 6) is -0.754. The molecule has 4 nitrogen and oxygen atoms in total. The molecule has 0 aliphatic heterocycles. The molecule has 2 N–H and O–H groups in total. The van der Waals surface area contributed by atoms with Crippen LogP contribution in [-0.4, -0.2) is 47.7 Å². The Labute approximate surface area is 117 Å². The molecular formula is C15H30N2O2. The molecule has 112 valence electrons. The Morgan fingerprint density at radius 3 is 2.47 bits per heavy atom. The van der Waals surface area contributed by atoms with Crippen LogP contribution in [-0.2, 0) is 4.79 Å². The van der Waals surface area contributed by atoms with Gasteiger partial charge in [-0.15, -0.1) is 0 Å². The maximum atomic E-state index is 11.2. The quantitative estimate of drug-likeness (QED) is 0.711. The van der Waals surface area contributed by atoms with E-state index in [1.54, 1.807) is 14.0 Å². The van der Waals surface area contributed by atoms with Crippen LogP contribution >= 0.6 is 0 Å². The van der Waals surface area contributed by atoms with E-state index >= 15 is 0 Å². The standard InChI is InChI=1S/C15H30N2O2/c1-4-17(13-9-6-5-7-10-13)12-8-11-15(2,16-3)14(18)19/h13,16H,4-12H2,1-3H3,(H,18,19). The maximum Gasteiger partial charge on any atom is 0.323 e. The first-order valence-corrected chi connectivity index (χ1v) is 7.70. The van der Waals surface area contributed by atoms with Crippen molar-refractivity contribution >= 4 is 5.97 Å². The van der Waals surface area contributed by atoms with E-state index in [2.05, 4.69) is 17.1 Å². The summed E-state index contributed by atoms with van der Waals surface area (Å²) in [7, 11) is 1.73. The molecule has 1 fully saturated rings. The van der Waals surface area contributed by atoms with Crippen molar-refractivity contribution in [3.8, 4) is 0 Å². The normalized spacial score (nSPS) is 20.4. The number of hydrogen-bond donors (Lipinski definition) is 2. The molecule has 0 aromatic rings. The highest BCUT2D eigenvalue weighted by atomic mass is 16.4. The minimum Gasteiger partial charge on any atom is -0.480 e. The third kappa shape index (κ3) is 4.77. The molecule has 4 heteroatoms. The molecule has 0 amide bonds. The number of carbonyl (C=O) groups is 1. The van der Waals surface area contributed by atoms with Gasteiger partial charge >= 0.3 is 5.97 Å². The van der Waals surface area contributed by atoms with Crippen LogP contribution in [0.25, 0.3) is 0 Å². The number of carboxylic acids is 1. The van der Waals surface area contributed by atoms with Crippen molar-refractivity contribution in [2.75, 3.05) is 20.1 Å². The molecule has 0 saturated heterocycles. The molecule has 0 heterocycles. The first-order chi connectivity index (χ1) is 9.03. The minimum atomic E-state index is -0.786. The van der Waals surface area contributed by atoms with Crippen LogP contribution < -0.4 is 5.32 Å². The second-order valence-electron chi connectivity index (χ2n) is 5.91. The van der Waals surface area contributed by atoms with Crippen molar-refractivity contribution in [3.63, 3.8) is 0 Å². The van der Waals surface area contributed by atoms with Gasteiger partial charge in [-0.05, 0) is 52.7 Å². The van der Waals surface area contributed by atoms with E-state index in [1.165, 1.54) is 32.1 Å². The lowest BCUT2D eigenvalue weighted by atomic mass is 9.93. The Bertz CT molecular complexity index is 277. The largest absolute Gasteiger partial charge is 0.480 e. The zero-order valence-electron chi connectivity index (χ0n) is 12.7. The Balaban J connectivity index is 2.38. The Morgan fingerprint density at radius 2 is 2.00 bits per heavy atom. The summed E-state index contributed by atoms with van der Waals surface area (Å²) in [4.78, 5) is 13.8. The fraction of sp³-hybridized carbons (Fsp3) is 0.933. The lowest BCUT2D eigenvalue weighted by Gasteiger charge is -2.34. The number of likely N-dealkylation sites (N-methyl/N-ethyl adjacent to an activating group) is 1. The highest BCUT2D eigenvalue weighted by Crippen LogP contribution is 2.23. The molecule has 1 aliphatic rings. The first kappa shape index (κ1) is 16.4. The summed E-state index contributed by atoms with van der Waals surface area (Å²) in [5, 5.41) is 12.2. The number of hydrogen-bond acceptors (Lipinski definition) is 3. The van der Waals surface area contributed by atoms with Gasteiger partial charge in [-0.1, -0.05) is 26.2 Å². The van der Waals surface area contributed by atoms with E-state index in [0.29, 0.717) is 6.42 Å². The molecule has 0 bridgehead atoms. The van der Waals surface area contributed by atoms with Crippen molar-refractivity contribution in [1.82, 2.24) is 10.2 Å². The van der Waals surface area contributed by atoms with Crippen molar-refractivity contribution in [3.05, 3.63) is 0 Å². The van der Waals surface area contributed by atoms with Crippen molar-refractivity contribution < 1.29 is 9.90 Å². The molecule has 0 aromatic heterocycles. The smallest absolute Gasteiger partial charge is 0.323 e. The molecule has 1 aliphatic carbocycles. The summed E-state index contributed by atoms with van der Waals surface area (Å²) >= 11 is 0. The summed E-state index contributed by atoms with van der Waals surface area (Å²) in [5.41, 5.74) is -0.786. The van der Waals surface area contributed by atoms with E-state index in [9.17, 15) is 9.90 Å². The van der Waals surface area contributed by atoms with E-state index in [0.717, 1.165) is 25.6 Å².